The second-order valence-electron chi connectivity index (χ2n) is 10.5. The molecular weight excluding hydrogens is 508 g/mol. The van der Waals surface area contributed by atoms with Crippen LogP contribution in [-0.4, -0.2) is 43.8 Å². The maximum absolute atomic E-state index is 13.0. The molecule has 1 N–H and O–H groups in total. The minimum Gasteiger partial charge on any atom is -0.496 e. The highest BCUT2D eigenvalue weighted by molar-refractivity contribution is 6.00. The number of benzene rings is 1. The highest BCUT2D eigenvalue weighted by Crippen LogP contribution is 2.41. The molecule has 0 saturated heterocycles. The van der Waals surface area contributed by atoms with Gasteiger partial charge < -0.3 is 19.5 Å². The summed E-state index contributed by atoms with van der Waals surface area (Å²) in [4.78, 5) is 39.9. The predicted molar refractivity (Wildman–Crippen MR) is 157 cm³/mol. The summed E-state index contributed by atoms with van der Waals surface area (Å²) in [5, 5.41) is 2.61. The maximum atomic E-state index is 13.0. The van der Waals surface area contributed by atoms with Gasteiger partial charge in [-0.3, -0.25) is 0 Å². The van der Waals surface area contributed by atoms with Crippen LogP contribution in [0.4, 0.5) is 9.59 Å². The van der Waals surface area contributed by atoms with Gasteiger partial charge in [0.05, 0.1) is 26.4 Å². The molecule has 40 heavy (non-hydrogen) atoms. The smallest absolute Gasteiger partial charge is 0.418 e. The molecule has 2 rings (SSSR count). The first-order valence-electron chi connectivity index (χ1n) is 15.1. The molecule has 0 saturated carbocycles. The molecule has 1 aromatic rings. The molecule has 1 unspecified atom stereocenters. The number of ether oxygens (including phenoxy) is 3. The molecule has 8 heteroatoms. The number of aryl methyl sites for hydroxylation is 1. The van der Waals surface area contributed by atoms with E-state index in [0.29, 0.717) is 17.0 Å². The summed E-state index contributed by atoms with van der Waals surface area (Å²) < 4.78 is 16.0. The van der Waals surface area contributed by atoms with Crippen molar-refractivity contribution < 1.29 is 28.6 Å². The van der Waals surface area contributed by atoms with E-state index in [4.69, 9.17) is 14.2 Å². The number of methoxy groups -OCH3 is 2. The molecule has 224 valence electrons. The monoisotopic (exact) mass is 558 g/mol. The van der Waals surface area contributed by atoms with Crippen LogP contribution in [0.25, 0.3) is 0 Å². The number of hydrogen-bond donors (Lipinski definition) is 1. The van der Waals surface area contributed by atoms with Gasteiger partial charge >= 0.3 is 18.1 Å². The van der Waals surface area contributed by atoms with E-state index in [1.807, 2.05) is 12.1 Å². The second-order valence-corrected chi connectivity index (χ2v) is 10.5. The molecule has 0 aromatic heterocycles. The lowest BCUT2D eigenvalue weighted by atomic mass is 9.88. The van der Waals surface area contributed by atoms with Crippen molar-refractivity contribution in [1.82, 2.24) is 10.2 Å². The van der Waals surface area contributed by atoms with Crippen molar-refractivity contribution in [2.75, 3.05) is 20.8 Å². The Hall–Kier alpha value is -3.03. The van der Waals surface area contributed by atoms with Gasteiger partial charge in [-0.05, 0) is 38.3 Å². The van der Waals surface area contributed by atoms with Crippen molar-refractivity contribution in [2.45, 2.75) is 117 Å². The van der Waals surface area contributed by atoms with Crippen molar-refractivity contribution in [3.05, 3.63) is 40.6 Å². The van der Waals surface area contributed by atoms with Gasteiger partial charge in [-0.25, -0.2) is 19.3 Å². The fourth-order valence-electron chi connectivity index (χ4n) is 5.40. The molecule has 1 heterocycles. The summed E-state index contributed by atoms with van der Waals surface area (Å²) in [6.07, 6.45) is 16.4. The zero-order chi connectivity index (χ0) is 29.3. The number of urea groups is 1. The minimum absolute atomic E-state index is 0.0866. The Balaban J connectivity index is 2.10. The van der Waals surface area contributed by atoms with E-state index >= 15 is 0 Å². The number of esters is 1. The molecule has 0 spiro atoms. The van der Waals surface area contributed by atoms with Crippen LogP contribution < -0.4 is 10.1 Å². The van der Waals surface area contributed by atoms with Crippen LogP contribution in [0.1, 0.15) is 121 Å². The number of imide groups is 1. The van der Waals surface area contributed by atoms with Crippen molar-refractivity contribution in [3.63, 3.8) is 0 Å². The number of carbonyl (C=O) groups is 3. The Kier molecular flexibility index (Phi) is 15.2. The second kappa shape index (κ2) is 18.3. The normalized spacial score (nSPS) is 15.2. The molecule has 0 fully saturated rings. The van der Waals surface area contributed by atoms with E-state index in [1.165, 1.54) is 77.7 Å². The molecule has 0 radical (unpaired) electrons. The van der Waals surface area contributed by atoms with E-state index in [1.54, 1.807) is 27.0 Å². The maximum Gasteiger partial charge on any atom is 0.418 e. The van der Waals surface area contributed by atoms with Crippen LogP contribution in [0.3, 0.4) is 0 Å². The third-order valence-corrected chi connectivity index (χ3v) is 7.52. The predicted octanol–water partition coefficient (Wildman–Crippen LogP) is 8.00. The summed E-state index contributed by atoms with van der Waals surface area (Å²) in [7, 11) is 2.82. The zero-order valence-electron chi connectivity index (χ0n) is 25.3. The van der Waals surface area contributed by atoms with E-state index in [-0.39, 0.29) is 12.2 Å². The Morgan fingerprint density at radius 1 is 0.875 bits per heavy atom. The molecule has 1 aliphatic rings. The van der Waals surface area contributed by atoms with E-state index in [0.717, 1.165) is 29.7 Å². The Morgan fingerprint density at radius 3 is 1.98 bits per heavy atom. The third-order valence-electron chi connectivity index (χ3n) is 7.52. The quantitative estimate of drug-likeness (QED) is 0.145. The van der Waals surface area contributed by atoms with Crippen LogP contribution in [0.15, 0.2) is 29.5 Å². The third kappa shape index (κ3) is 9.56. The molecule has 3 amide bonds. The Labute approximate surface area is 240 Å². The largest absolute Gasteiger partial charge is 0.496 e. The van der Waals surface area contributed by atoms with E-state index in [2.05, 4.69) is 12.2 Å². The number of hydrogen-bond acceptors (Lipinski definition) is 6. The molecular formula is C32H50N2O6. The number of nitrogens with one attached hydrogen (secondary N) is 1. The molecule has 0 bridgehead atoms. The van der Waals surface area contributed by atoms with Crippen LogP contribution >= 0.6 is 0 Å². The number of carbonyl (C=O) groups excluding carboxylic acids is 3. The lowest BCUT2D eigenvalue weighted by Gasteiger charge is -2.36. The summed E-state index contributed by atoms with van der Waals surface area (Å²) >= 11 is 0. The molecule has 1 aliphatic heterocycles. The first kappa shape index (κ1) is 33.2. The van der Waals surface area contributed by atoms with Gasteiger partial charge in [0.2, 0.25) is 0 Å². The lowest BCUT2D eigenvalue weighted by molar-refractivity contribution is -0.136. The van der Waals surface area contributed by atoms with Crippen LogP contribution in [0.5, 0.6) is 5.75 Å². The van der Waals surface area contributed by atoms with Crippen molar-refractivity contribution >= 4 is 18.1 Å². The number of unbranched alkanes of at least 4 members (excludes halogenated alkanes) is 12. The molecule has 8 nitrogen and oxygen atoms in total. The molecule has 1 atom stereocenters. The van der Waals surface area contributed by atoms with Gasteiger partial charge in [0.15, 0.2) is 0 Å². The SMILES string of the molecule is CCCCCCCCCCCCCCCc1cccc(OC)c1C1C(C(=O)OC)=C(C)NC(=O)N1C(=O)OCC. The lowest BCUT2D eigenvalue weighted by Crippen LogP contribution is -2.51. The van der Waals surface area contributed by atoms with Crippen molar-refractivity contribution in [1.29, 1.82) is 0 Å². The highest BCUT2D eigenvalue weighted by atomic mass is 16.6. The number of amides is 3. The van der Waals surface area contributed by atoms with Crippen LogP contribution in [-0.2, 0) is 20.7 Å². The Morgan fingerprint density at radius 2 is 1.45 bits per heavy atom. The van der Waals surface area contributed by atoms with Crippen molar-refractivity contribution in [3.8, 4) is 5.75 Å². The zero-order valence-corrected chi connectivity index (χ0v) is 25.3. The molecule has 0 aliphatic carbocycles. The van der Waals surface area contributed by atoms with Gasteiger partial charge in [-0.15, -0.1) is 0 Å². The fraction of sp³-hybridized carbons (Fsp3) is 0.656. The first-order chi connectivity index (χ1) is 19.4. The fourth-order valence-corrected chi connectivity index (χ4v) is 5.40. The van der Waals surface area contributed by atoms with Gasteiger partial charge in [0.1, 0.15) is 11.8 Å². The Bertz CT molecular complexity index is 990. The van der Waals surface area contributed by atoms with Gasteiger partial charge in [-0.2, -0.15) is 0 Å². The topological polar surface area (TPSA) is 94.2 Å². The average Bonchev–Trinajstić information content (AvgIpc) is 2.94. The van der Waals surface area contributed by atoms with Gasteiger partial charge in [0, 0.05) is 11.3 Å². The number of allylic oxidation sites excluding steroid dienone is 1. The summed E-state index contributed by atoms with van der Waals surface area (Å²) in [6, 6.07) is 3.95. The van der Waals surface area contributed by atoms with Gasteiger partial charge in [-0.1, -0.05) is 96.1 Å². The molecule has 1 aromatic carbocycles. The van der Waals surface area contributed by atoms with Crippen LogP contribution in [0.2, 0.25) is 0 Å². The van der Waals surface area contributed by atoms with Crippen LogP contribution in [0, 0.1) is 0 Å². The highest BCUT2D eigenvalue weighted by Gasteiger charge is 2.44. The van der Waals surface area contributed by atoms with E-state index in [9.17, 15) is 14.4 Å². The first-order valence-corrected chi connectivity index (χ1v) is 15.1. The number of nitrogens with zero attached hydrogens (tertiary/aromatic N) is 1. The van der Waals surface area contributed by atoms with Gasteiger partial charge in [0.25, 0.3) is 0 Å². The summed E-state index contributed by atoms with van der Waals surface area (Å²) in [6.45, 7) is 5.63. The number of rotatable bonds is 18. The van der Waals surface area contributed by atoms with E-state index < -0.39 is 24.1 Å². The summed E-state index contributed by atoms with van der Waals surface area (Å²) in [5.41, 5.74) is 2.03. The average molecular weight is 559 g/mol. The van der Waals surface area contributed by atoms with Crippen molar-refractivity contribution in [2.24, 2.45) is 0 Å². The minimum atomic E-state index is -1.03. The summed E-state index contributed by atoms with van der Waals surface area (Å²) in [5.74, 6) is -0.134. The standard InChI is InChI=1S/C32H50N2O6/c1-6-8-9-10-11-12-13-14-15-16-17-18-19-21-25-22-20-23-26(38-4)28(25)29-27(30(35)39-5)24(3)33-31(36)34(29)32(37)40-7-2/h20,22-23,29H,6-19,21H2,1-5H3,(H,33,36).